The van der Waals surface area contributed by atoms with Gasteiger partial charge >= 0.3 is 0 Å². The Bertz CT molecular complexity index is 811. The van der Waals surface area contributed by atoms with Gasteiger partial charge in [0.2, 0.25) is 5.91 Å². The predicted molar refractivity (Wildman–Crippen MR) is 108 cm³/mol. The van der Waals surface area contributed by atoms with Gasteiger partial charge in [0.05, 0.1) is 7.11 Å². The molecule has 5 nitrogen and oxygen atoms in total. The second-order valence-corrected chi connectivity index (χ2v) is 7.27. The van der Waals surface area contributed by atoms with E-state index in [1.807, 2.05) is 57.2 Å². The van der Waals surface area contributed by atoms with Gasteiger partial charge in [-0.05, 0) is 68.1 Å². The lowest BCUT2D eigenvalue weighted by molar-refractivity contribution is -0.121. The molecule has 0 saturated heterocycles. The van der Waals surface area contributed by atoms with Crippen molar-refractivity contribution in [3.8, 4) is 16.9 Å². The summed E-state index contributed by atoms with van der Waals surface area (Å²) in [6.45, 7) is 5.84. The fourth-order valence-electron chi connectivity index (χ4n) is 2.87. The first-order valence-corrected chi connectivity index (χ1v) is 9.04. The lowest BCUT2D eigenvalue weighted by atomic mass is 9.97. The molecule has 2 rings (SSSR count). The Balaban J connectivity index is 2.06. The summed E-state index contributed by atoms with van der Waals surface area (Å²) in [5.74, 6) is 0.680. The summed E-state index contributed by atoms with van der Waals surface area (Å²) < 4.78 is 5.30. The summed E-state index contributed by atoms with van der Waals surface area (Å²) in [5, 5.41) is 5.60. The number of benzene rings is 2. The van der Waals surface area contributed by atoms with Gasteiger partial charge in [-0.15, -0.1) is 0 Å². The van der Waals surface area contributed by atoms with E-state index in [2.05, 4.69) is 16.7 Å². The number of amides is 2. The fourth-order valence-corrected chi connectivity index (χ4v) is 2.87. The van der Waals surface area contributed by atoms with Crippen LogP contribution in [-0.4, -0.2) is 31.5 Å². The molecule has 0 aromatic heterocycles. The molecule has 2 N–H and O–H groups in total. The Kier molecular flexibility index (Phi) is 6.61. The van der Waals surface area contributed by atoms with Crippen LogP contribution in [0.1, 0.15) is 42.6 Å². The summed E-state index contributed by atoms with van der Waals surface area (Å²) in [7, 11) is 3.27. The van der Waals surface area contributed by atoms with Crippen LogP contribution in [0, 0.1) is 6.92 Å². The van der Waals surface area contributed by atoms with Crippen molar-refractivity contribution in [1.82, 2.24) is 10.6 Å². The minimum atomic E-state index is -0.463. The van der Waals surface area contributed by atoms with Gasteiger partial charge in [0.25, 0.3) is 5.91 Å². The molecule has 2 amide bonds. The molecule has 5 heteroatoms. The highest BCUT2D eigenvalue weighted by Gasteiger charge is 2.22. The monoisotopic (exact) mass is 368 g/mol. The van der Waals surface area contributed by atoms with Gasteiger partial charge in [-0.2, -0.15) is 0 Å². The number of ether oxygens (including phenoxy) is 1. The van der Waals surface area contributed by atoms with Gasteiger partial charge in [0.15, 0.2) is 0 Å². The van der Waals surface area contributed by atoms with E-state index < -0.39 is 5.54 Å². The molecule has 0 aliphatic heterocycles. The lowest BCUT2D eigenvalue weighted by Crippen LogP contribution is -2.44. The van der Waals surface area contributed by atoms with Crippen LogP contribution in [0.4, 0.5) is 0 Å². The maximum Gasteiger partial charge on any atom is 0.251 e. The fraction of sp³-hybridized carbons (Fsp3) is 0.364. The van der Waals surface area contributed by atoms with Crippen molar-refractivity contribution >= 4 is 11.8 Å². The van der Waals surface area contributed by atoms with Gasteiger partial charge in [0.1, 0.15) is 5.75 Å². The van der Waals surface area contributed by atoms with Crippen molar-refractivity contribution in [3.63, 3.8) is 0 Å². The highest BCUT2D eigenvalue weighted by molar-refractivity contribution is 5.95. The second kappa shape index (κ2) is 8.71. The number of hydrogen-bond donors (Lipinski definition) is 2. The zero-order chi connectivity index (χ0) is 20.0. The summed E-state index contributed by atoms with van der Waals surface area (Å²) in [5.41, 5.74) is 3.31. The highest BCUT2D eigenvalue weighted by atomic mass is 16.5. The molecule has 0 radical (unpaired) electrons. The van der Waals surface area contributed by atoms with Gasteiger partial charge in [-0.25, -0.2) is 0 Å². The van der Waals surface area contributed by atoms with Gasteiger partial charge in [0, 0.05) is 24.6 Å². The van der Waals surface area contributed by atoms with Gasteiger partial charge in [-0.3, -0.25) is 9.59 Å². The van der Waals surface area contributed by atoms with E-state index in [0.717, 1.165) is 22.4 Å². The van der Waals surface area contributed by atoms with Crippen LogP contribution in [0.15, 0.2) is 42.5 Å². The third-order valence-electron chi connectivity index (χ3n) is 4.58. The van der Waals surface area contributed by atoms with Crippen molar-refractivity contribution in [3.05, 3.63) is 53.6 Å². The zero-order valence-electron chi connectivity index (χ0n) is 16.7. The van der Waals surface area contributed by atoms with Crippen molar-refractivity contribution in [1.29, 1.82) is 0 Å². The third-order valence-corrected chi connectivity index (χ3v) is 4.58. The van der Waals surface area contributed by atoms with Gasteiger partial charge in [-0.1, -0.05) is 18.2 Å². The minimum Gasteiger partial charge on any atom is -0.496 e. The molecule has 27 heavy (non-hydrogen) atoms. The first-order chi connectivity index (χ1) is 12.8. The Morgan fingerprint density at radius 3 is 2.22 bits per heavy atom. The van der Waals surface area contributed by atoms with E-state index in [1.54, 1.807) is 14.2 Å². The van der Waals surface area contributed by atoms with Crippen molar-refractivity contribution in [2.45, 2.75) is 39.2 Å². The molecule has 0 bridgehead atoms. The number of carbonyl (C=O) groups is 2. The molecule has 0 aliphatic rings. The van der Waals surface area contributed by atoms with E-state index in [1.165, 1.54) is 0 Å². The molecule has 0 unspecified atom stereocenters. The Labute approximate surface area is 161 Å². The van der Waals surface area contributed by atoms with Crippen molar-refractivity contribution < 1.29 is 14.3 Å². The predicted octanol–water partition coefficient (Wildman–Crippen LogP) is 3.71. The number of methoxy groups -OCH3 is 1. The number of nitrogens with one attached hydrogen (secondary N) is 2. The second-order valence-electron chi connectivity index (χ2n) is 7.27. The van der Waals surface area contributed by atoms with E-state index in [0.29, 0.717) is 18.4 Å². The smallest absolute Gasteiger partial charge is 0.251 e. The SMILES string of the molecule is CNC(=O)CCC(C)(C)NC(=O)c1ccc(-c2ccc(OC)c(C)c2)cc1. The van der Waals surface area contributed by atoms with Crippen LogP contribution in [-0.2, 0) is 4.79 Å². The average molecular weight is 368 g/mol. The minimum absolute atomic E-state index is 0.0311. The molecule has 0 fully saturated rings. The van der Waals surface area contributed by atoms with Crippen LogP contribution >= 0.6 is 0 Å². The van der Waals surface area contributed by atoms with Crippen LogP contribution in [0.3, 0.4) is 0 Å². The van der Waals surface area contributed by atoms with Crippen LogP contribution < -0.4 is 15.4 Å². The molecule has 0 spiro atoms. The van der Waals surface area contributed by atoms with Crippen molar-refractivity contribution in [2.24, 2.45) is 0 Å². The summed E-state index contributed by atoms with van der Waals surface area (Å²) in [4.78, 5) is 24.0. The number of carbonyl (C=O) groups excluding carboxylic acids is 2. The summed E-state index contributed by atoms with van der Waals surface area (Å²) >= 11 is 0. The normalized spacial score (nSPS) is 11.0. The quantitative estimate of drug-likeness (QED) is 0.783. The molecule has 0 atom stereocenters. The topological polar surface area (TPSA) is 67.4 Å². The molecule has 2 aromatic rings. The largest absolute Gasteiger partial charge is 0.496 e. The molecular weight excluding hydrogens is 340 g/mol. The number of rotatable bonds is 7. The Morgan fingerprint density at radius 2 is 1.67 bits per heavy atom. The van der Waals surface area contributed by atoms with Crippen LogP contribution in [0.2, 0.25) is 0 Å². The van der Waals surface area contributed by atoms with E-state index in [9.17, 15) is 9.59 Å². The number of aryl methyl sites for hydroxylation is 1. The van der Waals surface area contributed by atoms with Crippen LogP contribution in [0.5, 0.6) is 5.75 Å². The van der Waals surface area contributed by atoms with Crippen molar-refractivity contribution in [2.75, 3.05) is 14.2 Å². The molecule has 144 valence electrons. The maximum absolute atomic E-state index is 12.5. The Hall–Kier alpha value is -2.82. The van der Waals surface area contributed by atoms with Gasteiger partial charge < -0.3 is 15.4 Å². The lowest BCUT2D eigenvalue weighted by Gasteiger charge is -2.26. The summed E-state index contributed by atoms with van der Waals surface area (Å²) in [6.07, 6.45) is 0.946. The number of hydrogen-bond acceptors (Lipinski definition) is 3. The third kappa shape index (κ3) is 5.58. The highest BCUT2D eigenvalue weighted by Crippen LogP contribution is 2.26. The molecule has 0 heterocycles. The van der Waals surface area contributed by atoms with E-state index >= 15 is 0 Å². The van der Waals surface area contributed by atoms with E-state index in [4.69, 9.17) is 4.74 Å². The first-order valence-electron chi connectivity index (χ1n) is 9.04. The Morgan fingerprint density at radius 1 is 1.04 bits per heavy atom. The standard InChI is InChI=1S/C22H28N2O3/c1-15-14-18(10-11-19(15)27-5)16-6-8-17(9-7-16)21(26)24-22(2,3)13-12-20(25)23-4/h6-11,14H,12-13H2,1-5H3,(H,23,25)(H,24,26). The molecule has 2 aromatic carbocycles. The average Bonchev–Trinajstić information content (AvgIpc) is 2.65. The van der Waals surface area contributed by atoms with E-state index in [-0.39, 0.29) is 11.8 Å². The molecule has 0 saturated carbocycles. The maximum atomic E-state index is 12.5. The summed E-state index contributed by atoms with van der Waals surface area (Å²) in [6, 6.07) is 13.5. The molecule has 0 aliphatic carbocycles. The first kappa shape index (κ1) is 20.5. The zero-order valence-corrected chi connectivity index (χ0v) is 16.7. The van der Waals surface area contributed by atoms with Crippen LogP contribution in [0.25, 0.3) is 11.1 Å². The molecular formula is C22H28N2O3.